The van der Waals surface area contributed by atoms with Crippen molar-refractivity contribution >= 4 is 35.0 Å². The van der Waals surface area contributed by atoms with E-state index in [4.69, 9.17) is 14.2 Å². The van der Waals surface area contributed by atoms with Crippen molar-refractivity contribution in [2.24, 2.45) is 4.99 Å². The quantitative estimate of drug-likeness (QED) is 0.281. The summed E-state index contributed by atoms with van der Waals surface area (Å²) in [4.78, 5) is 44.5. The smallest absolute Gasteiger partial charge is 0.338 e. The maximum Gasteiger partial charge on any atom is 0.338 e. The fraction of sp³-hybridized carbons (Fsp3) is 0.235. The van der Waals surface area contributed by atoms with Gasteiger partial charge in [-0.3, -0.25) is 14.2 Å². The molecular formula is C34H33N3O6S. The molecule has 0 saturated carbocycles. The van der Waals surface area contributed by atoms with Crippen molar-refractivity contribution in [1.82, 2.24) is 4.57 Å². The number of aryl methyl sites for hydroxylation is 2. The molecule has 4 aromatic rings. The highest BCUT2D eigenvalue weighted by Crippen LogP contribution is 2.31. The Morgan fingerprint density at radius 3 is 2.48 bits per heavy atom. The van der Waals surface area contributed by atoms with Crippen LogP contribution in [-0.2, 0) is 14.3 Å². The van der Waals surface area contributed by atoms with E-state index in [1.807, 2.05) is 62.4 Å². The first-order chi connectivity index (χ1) is 21.2. The standard InChI is InChI=1S/C34H33N3O6S/c1-6-42-33(40)30-22(4)35-34-37(31(30)24-13-10-20(2)11-14-24)32(39)28(44-34)18-23-12-15-26(27(17-23)41-5)43-19-29(38)36-25-9-7-8-21(3)16-25/h7-18,31H,6,19H2,1-5H3,(H,36,38)/b28-18-/t31-/m1/s1. The Balaban J connectivity index is 1.45. The summed E-state index contributed by atoms with van der Waals surface area (Å²) in [5, 5.41) is 2.81. The van der Waals surface area contributed by atoms with Gasteiger partial charge in [-0.25, -0.2) is 9.79 Å². The fourth-order valence-electron chi connectivity index (χ4n) is 4.96. The number of carbonyl (C=O) groups excluding carboxylic acids is 2. The van der Waals surface area contributed by atoms with Crippen LogP contribution in [0.4, 0.5) is 5.69 Å². The summed E-state index contributed by atoms with van der Waals surface area (Å²) in [7, 11) is 1.51. The lowest BCUT2D eigenvalue weighted by atomic mass is 9.95. The average molecular weight is 612 g/mol. The van der Waals surface area contributed by atoms with E-state index in [9.17, 15) is 14.4 Å². The zero-order valence-corrected chi connectivity index (χ0v) is 26.0. The summed E-state index contributed by atoms with van der Waals surface area (Å²) in [6, 6.07) is 19.8. The van der Waals surface area contributed by atoms with E-state index in [2.05, 4.69) is 10.3 Å². The molecule has 226 valence electrons. The molecule has 5 rings (SSSR count). The van der Waals surface area contributed by atoms with Crippen LogP contribution in [0.5, 0.6) is 11.5 Å². The molecule has 0 radical (unpaired) electrons. The van der Waals surface area contributed by atoms with Gasteiger partial charge >= 0.3 is 5.97 Å². The molecule has 0 unspecified atom stereocenters. The molecule has 1 aliphatic rings. The van der Waals surface area contributed by atoms with Gasteiger partial charge in [0.25, 0.3) is 11.5 Å². The van der Waals surface area contributed by atoms with Gasteiger partial charge < -0.3 is 19.5 Å². The Labute approximate surface area is 258 Å². The largest absolute Gasteiger partial charge is 0.493 e. The number of nitrogens with one attached hydrogen (secondary N) is 1. The lowest BCUT2D eigenvalue weighted by Gasteiger charge is -2.24. The monoisotopic (exact) mass is 611 g/mol. The molecule has 44 heavy (non-hydrogen) atoms. The van der Waals surface area contributed by atoms with E-state index in [1.165, 1.54) is 18.4 Å². The number of hydrogen-bond donors (Lipinski definition) is 1. The van der Waals surface area contributed by atoms with Gasteiger partial charge in [-0.1, -0.05) is 59.4 Å². The molecule has 1 aliphatic heterocycles. The number of nitrogens with zero attached hydrogens (tertiary/aromatic N) is 2. The van der Waals surface area contributed by atoms with E-state index in [0.717, 1.165) is 16.7 Å². The molecule has 0 bridgehead atoms. The molecule has 0 spiro atoms. The van der Waals surface area contributed by atoms with E-state index in [0.29, 0.717) is 43.4 Å². The van der Waals surface area contributed by atoms with Gasteiger partial charge in [-0.15, -0.1) is 0 Å². The van der Waals surface area contributed by atoms with Crippen LogP contribution < -0.4 is 29.7 Å². The van der Waals surface area contributed by atoms with Crippen molar-refractivity contribution in [3.05, 3.63) is 120 Å². The first-order valence-electron chi connectivity index (χ1n) is 14.1. The van der Waals surface area contributed by atoms with E-state index < -0.39 is 12.0 Å². The van der Waals surface area contributed by atoms with Gasteiger partial charge in [0.2, 0.25) is 0 Å². The average Bonchev–Trinajstić information content (AvgIpc) is 3.30. The first kappa shape index (κ1) is 30.5. The number of thiazole rings is 1. The number of rotatable bonds is 9. The maximum absolute atomic E-state index is 13.9. The van der Waals surface area contributed by atoms with Crippen LogP contribution in [0.2, 0.25) is 0 Å². The lowest BCUT2D eigenvalue weighted by molar-refractivity contribution is -0.139. The molecule has 1 amide bonds. The molecule has 9 nitrogen and oxygen atoms in total. The number of amides is 1. The summed E-state index contributed by atoms with van der Waals surface area (Å²) < 4.78 is 18.6. The molecule has 10 heteroatoms. The number of carbonyl (C=O) groups is 2. The molecule has 0 fully saturated rings. The van der Waals surface area contributed by atoms with Gasteiger partial charge in [0.15, 0.2) is 22.9 Å². The third-order valence-corrected chi connectivity index (χ3v) is 8.04. The van der Waals surface area contributed by atoms with Crippen LogP contribution in [0.1, 0.15) is 42.1 Å². The minimum atomic E-state index is -0.677. The maximum atomic E-state index is 13.9. The topological polar surface area (TPSA) is 108 Å². The van der Waals surface area contributed by atoms with Crippen LogP contribution in [0, 0.1) is 13.8 Å². The molecule has 2 heterocycles. The Hall–Kier alpha value is -4.96. The van der Waals surface area contributed by atoms with Gasteiger partial charge in [0, 0.05) is 5.69 Å². The predicted molar refractivity (Wildman–Crippen MR) is 170 cm³/mol. The molecular weight excluding hydrogens is 578 g/mol. The van der Waals surface area contributed by atoms with Crippen molar-refractivity contribution < 1.29 is 23.8 Å². The number of aromatic nitrogens is 1. The van der Waals surface area contributed by atoms with Crippen molar-refractivity contribution in [3.8, 4) is 11.5 Å². The van der Waals surface area contributed by atoms with E-state index in [1.54, 1.807) is 42.7 Å². The zero-order valence-electron chi connectivity index (χ0n) is 25.2. The summed E-state index contributed by atoms with van der Waals surface area (Å²) >= 11 is 1.24. The molecule has 0 saturated heterocycles. The number of benzene rings is 3. The van der Waals surface area contributed by atoms with Crippen LogP contribution >= 0.6 is 11.3 Å². The minimum absolute atomic E-state index is 0.205. The SMILES string of the molecule is CCOC(=O)C1=C(C)N=c2s/c(=C\c3ccc(OCC(=O)Nc4cccc(C)c4)c(OC)c3)c(=O)n2[C@@H]1c1ccc(C)cc1. The van der Waals surface area contributed by atoms with E-state index >= 15 is 0 Å². The number of ether oxygens (including phenoxy) is 3. The van der Waals surface area contributed by atoms with Gasteiger partial charge in [0.05, 0.1) is 35.6 Å². The van der Waals surface area contributed by atoms with Crippen LogP contribution in [0.15, 0.2) is 87.8 Å². The molecule has 1 aromatic heterocycles. The first-order valence-corrected chi connectivity index (χ1v) is 14.9. The van der Waals surface area contributed by atoms with E-state index in [-0.39, 0.29) is 24.7 Å². The van der Waals surface area contributed by atoms with Crippen molar-refractivity contribution in [1.29, 1.82) is 0 Å². The van der Waals surface area contributed by atoms with Gasteiger partial charge in [-0.2, -0.15) is 0 Å². The highest BCUT2D eigenvalue weighted by Gasteiger charge is 2.33. The second-order valence-electron chi connectivity index (χ2n) is 10.3. The van der Waals surface area contributed by atoms with Crippen molar-refractivity contribution in [2.45, 2.75) is 33.7 Å². The van der Waals surface area contributed by atoms with Gasteiger partial charge in [0.1, 0.15) is 0 Å². The van der Waals surface area contributed by atoms with Gasteiger partial charge in [-0.05, 0) is 74.7 Å². The summed E-state index contributed by atoms with van der Waals surface area (Å²) in [5.41, 5.74) is 4.84. The summed E-state index contributed by atoms with van der Waals surface area (Å²) in [6.45, 7) is 7.44. The second-order valence-corrected chi connectivity index (χ2v) is 11.3. The number of esters is 1. The third kappa shape index (κ3) is 6.50. The summed E-state index contributed by atoms with van der Waals surface area (Å²) in [6.07, 6.45) is 1.75. The number of fused-ring (bicyclic) bond motifs is 1. The minimum Gasteiger partial charge on any atom is -0.493 e. The number of allylic oxidation sites excluding steroid dienone is 1. The van der Waals surface area contributed by atoms with Crippen LogP contribution in [0.25, 0.3) is 6.08 Å². The predicted octanol–water partition coefficient (Wildman–Crippen LogP) is 4.44. The number of anilines is 1. The molecule has 1 N–H and O–H groups in total. The number of methoxy groups -OCH3 is 1. The summed E-state index contributed by atoms with van der Waals surface area (Å²) in [5.74, 6) is -0.00243. The van der Waals surface area contributed by atoms with Crippen LogP contribution in [0.3, 0.4) is 0 Å². The second kappa shape index (κ2) is 13.1. The lowest BCUT2D eigenvalue weighted by Crippen LogP contribution is -2.39. The van der Waals surface area contributed by atoms with Crippen LogP contribution in [-0.4, -0.2) is 36.8 Å². The highest BCUT2D eigenvalue weighted by atomic mass is 32.1. The Morgan fingerprint density at radius 2 is 1.77 bits per heavy atom. The van der Waals surface area contributed by atoms with Crippen molar-refractivity contribution in [3.63, 3.8) is 0 Å². The molecule has 0 aliphatic carbocycles. The molecule has 3 aromatic carbocycles. The normalized spacial score (nSPS) is 14.5. The highest BCUT2D eigenvalue weighted by molar-refractivity contribution is 7.07. The number of hydrogen-bond acceptors (Lipinski definition) is 8. The Morgan fingerprint density at radius 1 is 1.00 bits per heavy atom. The Bertz CT molecular complexity index is 1940. The molecule has 1 atom stereocenters. The fourth-order valence-corrected chi connectivity index (χ4v) is 6.01. The Kier molecular flexibility index (Phi) is 9.10. The third-order valence-electron chi connectivity index (χ3n) is 7.06. The van der Waals surface area contributed by atoms with Crippen molar-refractivity contribution in [2.75, 3.05) is 25.6 Å². The zero-order chi connectivity index (χ0) is 31.4.